The normalized spacial score (nSPS) is 10.6. The highest BCUT2D eigenvalue weighted by Gasteiger charge is 2.15. The number of hydrogen-bond acceptors (Lipinski definition) is 5. The third-order valence-corrected chi connectivity index (χ3v) is 3.92. The Morgan fingerprint density at radius 3 is 2.81 bits per heavy atom. The Hall–Kier alpha value is -2.41. The summed E-state index contributed by atoms with van der Waals surface area (Å²) in [6, 6.07) is 13.1. The van der Waals surface area contributed by atoms with Crippen LogP contribution in [0.2, 0.25) is 0 Å². The second-order valence-corrected chi connectivity index (χ2v) is 5.12. The van der Waals surface area contributed by atoms with Crippen LogP contribution in [-0.4, -0.2) is 27.3 Å². The predicted octanol–water partition coefficient (Wildman–Crippen LogP) is 2.68. The second-order valence-electron chi connectivity index (χ2n) is 4.32. The number of ether oxygens (including phenoxy) is 1. The SMILES string of the molecule is COc1cccc(-n2nnnc2-c2cccc(N)c2Br)c1. The molecule has 0 atom stereocenters. The summed E-state index contributed by atoms with van der Waals surface area (Å²) < 4.78 is 7.64. The van der Waals surface area contributed by atoms with Crippen molar-refractivity contribution < 1.29 is 4.74 Å². The summed E-state index contributed by atoms with van der Waals surface area (Å²) in [6.07, 6.45) is 0. The van der Waals surface area contributed by atoms with Crippen molar-refractivity contribution in [2.45, 2.75) is 0 Å². The average molecular weight is 346 g/mol. The Kier molecular flexibility index (Phi) is 3.57. The van der Waals surface area contributed by atoms with Crippen LogP contribution in [-0.2, 0) is 0 Å². The molecule has 0 bridgehead atoms. The van der Waals surface area contributed by atoms with Gasteiger partial charge in [-0.25, -0.2) is 0 Å². The van der Waals surface area contributed by atoms with Crippen molar-refractivity contribution in [1.29, 1.82) is 0 Å². The number of rotatable bonds is 3. The molecule has 2 N–H and O–H groups in total. The molecule has 21 heavy (non-hydrogen) atoms. The third-order valence-electron chi connectivity index (χ3n) is 3.04. The molecule has 0 aliphatic carbocycles. The number of hydrogen-bond donors (Lipinski definition) is 1. The molecule has 0 saturated carbocycles. The van der Waals surface area contributed by atoms with Crippen molar-refractivity contribution in [2.24, 2.45) is 0 Å². The molecule has 6 nitrogen and oxygen atoms in total. The van der Waals surface area contributed by atoms with Gasteiger partial charge in [0.1, 0.15) is 5.75 Å². The van der Waals surface area contributed by atoms with Gasteiger partial charge in [-0.1, -0.05) is 12.1 Å². The first-order valence-corrected chi connectivity index (χ1v) is 6.97. The third kappa shape index (κ3) is 2.47. The zero-order valence-electron chi connectivity index (χ0n) is 11.2. The lowest BCUT2D eigenvalue weighted by Gasteiger charge is -2.08. The molecule has 3 rings (SSSR count). The monoisotopic (exact) mass is 345 g/mol. The van der Waals surface area contributed by atoms with Crippen LogP contribution in [0.1, 0.15) is 0 Å². The largest absolute Gasteiger partial charge is 0.497 e. The van der Waals surface area contributed by atoms with Crippen molar-refractivity contribution in [3.63, 3.8) is 0 Å². The van der Waals surface area contributed by atoms with Gasteiger partial charge in [-0.2, -0.15) is 4.68 Å². The van der Waals surface area contributed by atoms with Crippen LogP contribution in [0.3, 0.4) is 0 Å². The number of nitrogens with zero attached hydrogens (tertiary/aromatic N) is 4. The maximum absolute atomic E-state index is 5.92. The number of nitrogen functional groups attached to an aromatic ring is 1. The molecule has 3 aromatic rings. The number of halogens is 1. The van der Waals surface area contributed by atoms with Crippen LogP contribution in [0, 0.1) is 0 Å². The fraction of sp³-hybridized carbons (Fsp3) is 0.0714. The van der Waals surface area contributed by atoms with E-state index < -0.39 is 0 Å². The molecular weight excluding hydrogens is 334 g/mol. The van der Waals surface area contributed by atoms with E-state index in [-0.39, 0.29) is 0 Å². The van der Waals surface area contributed by atoms with E-state index in [1.165, 1.54) is 0 Å². The minimum atomic E-state index is 0.599. The molecule has 2 aromatic carbocycles. The molecule has 0 unspecified atom stereocenters. The molecule has 106 valence electrons. The van der Waals surface area contributed by atoms with Gasteiger partial charge in [0.05, 0.1) is 17.3 Å². The lowest BCUT2D eigenvalue weighted by molar-refractivity contribution is 0.414. The number of aromatic nitrogens is 4. The number of tetrazole rings is 1. The quantitative estimate of drug-likeness (QED) is 0.738. The standard InChI is InChI=1S/C14H12BrN5O/c1-21-10-5-2-4-9(8-10)20-14(17-18-19-20)11-6-3-7-12(16)13(11)15/h2-8H,16H2,1H3. The van der Waals surface area contributed by atoms with Crippen LogP contribution in [0.15, 0.2) is 46.9 Å². The zero-order chi connectivity index (χ0) is 14.8. The van der Waals surface area contributed by atoms with Gasteiger partial charge in [0.15, 0.2) is 5.82 Å². The van der Waals surface area contributed by atoms with Gasteiger partial charge in [-0.05, 0) is 50.6 Å². The summed E-state index contributed by atoms with van der Waals surface area (Å²) in [7, 11) is 1.62. The van der Waals surface area contributed by atoms with Gasteiger partial charge in [0, 0.05) is 17.3 Å². The van der Waals surface area contributed by atoms with E-state index in [9.17, 15) is 0 Å². The molecule has 0 fully saturated rings. The molecule has 0 aliphatic rings. The average Bonchev–Trinajstić information content (AvgIpc) is 2.99. The smallest absolute Gasteiger partial charge is 0.188 e. The second kappa shape index (κ2) is 5.53. The van der Waals surface area contributed by atoms with E-state index in [1.54, 1.807) is 11.8 Å². The lowest BCUT2D eigenvalue weighted by atomic mass is 10.2. The Morgan fingerprint density at radius 1 is 1.19 bits per heavy atom. The van der Waals surface area contributed by atoms with E-state index in [2.05, 4.69) is 31.5 Å². The Balaban J connectivity index is 2.15. The number of nitrogens with two attached hydrogens (primary N) is 1. The van der Waals surface area contributed by atoms with Crippen molar-refractivity contribution in [3.8, 4) is 22.8 Å². The summed E-state index contributed by atoms with van der Waals surface area (Å²) in [5, 5.41) is 11.9. The summed E-state index contributed by atoms with van der Waals surface area (Å²) in [5.74, 6) is 1.34. The van der Waals surface area contributed by atoms with Crippen LogP contribution in [0.4, 0.5) is 5.69 Å². The highest BCUT2D eigenvalue weighted by Crippen LogP contribution is 2.32. The van der Waals surface area contributed by atoms with Gasteiger partial charge in [0.2, 0.25) is 0 Å². The van der Waals surface area contributed by atoms with Crippen LogP contribution < -0.4 is 10.5 Å². The minimum Gasteiger partial charge on any atom is -0.497 e. The number of anilines is 1. The van der Waals surface area contributed by atoms with Crippen LogP contribution in [0.5, 0.6) is 5.75 Å². The Morgan fingerprint density at radius 2 is 2.00 bits per heavy atom. The van der Waals surface area contributed by atoms with Gasteiger partial charge in [0.25, 0.3) is 0 Å². The Labute approximate surface area is 129 Å². The summed E-state index contributed by atoms with van der Waals surface area (Å²) in [4.78, 5) is 0. The first-order valence-electron chi connectivity index (χ1n) is 6.18. The molecule has 1 heterocycles. The van der Waals surface area contributed by atoms with Crippen molar-refractivity contribution in [2.75, 3.05) is 12.8 Å². The number of benzene rings is 2. The van der Waals surface area contributed by atoms with Crippen molar-refractivity contribution in [1.82, 2.24) is 20.2 Å². The minimum absolute atomic E-state index is 0.599. The zero-order valence-corrected chi connectivity index (χ0v) is 12.8. The molecule has 0 spiro atoms. The number of methoxy groups -OCH3 is 1. The fourth-order valence-corrected chi connectivity index (χ4v) is 2.44. The topological polar surface area (TPSA) is 78.8 Å². The molecule has 1 aromatic heterocycles. The first-order chi connectivity index (χ1) is 10.2. The van der Waals surface area contributed by atoms with Gasteiger partial charge >= 0.3 is 0 Å². The van der Waals surface area contributed by atoms with Gasteiger partial charge < -0.3 is 10.5 Å². The van der Waals surface area contributed by atoms with Gasteiger partial charge in [-0.3, -0.25) is 0 Å². The Bertz CT molecular complexity index is 787. The van der Waals surface area contributed by atoms with Gasteiger partial charge in [-0.15, -0.1) is 5.10 Å². The maximum atomic E-state index is 5.92. The molecular formula is C14H12BrN5O. The predicted molar refractivity (Wildman–Crippen MR) is 83.3 cm³/mol. The molecule has 0 saturated heterocycles. The molecule has 7 heteroatoms. The van der Waals surface area contributed by atoms with E-state index in [0.717, 1.165) is 21.5 Å². The summed E-state index contributed by atoms with van der Waals surface area (Å²) in [6.45, 7) is 0. The van der Waals surface area contributed by atoms with E-state index in [1.807, 2.05) is 42.5 Å². The highest BCUT2D eigenvalue weighted by atomic mass is 79.9. The highest BCUT2D eigenvalue weighted by molar-refractivity contribution is 9.10. The summed E-state index contributed by atoms with van der Waals surface area (Å²) in [5.41, 5.74) is 8.18. The first kappa shape index (κ1) is 13.6. The summed E-state index contributed by atoms with van der Waals surface area (Å²) >= 11 is 3.48. The van der Waals surface area contributed by atoms with E-state index in [0.29, 0.717) is 11.5 Å². The molecule has 0 aliphatic heterocycles. The van der Waals surface area contributed by atoms with Crippen LogP contribution >= 0.6 is 15.9 Å². The lowest BCUT2D eigenvalue weighted by Crippen LogP contribution is -2.01. The molecule has 0 radical (unpaired) electrons. The van der Waals surface area contributed by atoms with Crippen molar-refractivity contribution in [3.05, 3.63) is 46.9 Å². The van der Waals surface area contributed by atoms with Crippen LogP contribution in [0.25, 0.3) is 17.1 Å². The molecule has 0 amide bonds. The maximum Gasteiger partial charge on any atom is 0.188 e. The fourth-order valence-electron chi connectivity index (χ4n) is 1.99. The van der Waals surface area contributed by atoms with E-state index in [4.69, 9.17) is 10.5 Å². The van der Waals surface area contributed by atoms with Crippen molar-refractivity contribution >= 4 is 21.6 Å². The van der Waals surface area contributed by atoms with E-state index >= 15 is 0 Å².